The monoisotopic (exact) mass is 170 g/mol. The number of aliphatic hydroxyl groups is 1. The van der Waals surface area contributed by atoms with Crippen LogP contribution in [0.25, 0.3) is 0 Å². The molecule has 1 N–H and O–H groups in total. The Morgan fingerprint density at radius 1 is 1.25 bits per heavy atom. The van der Waals surface area contributed by atoms with Gasteiger partial charge in [-0.05, 0) is 31.6 Å². The maximum Gasteiger partial charge on any atom is 0.0645 e. The van der Waals surface area contributed by atoms with Gasteiger partial charge in [0.05, 0.1) is 5.60 Å². The Labute approximate surface area is 76.2 Å². The van der Waals surface area contributed by atoms with Gasteiger partial charge >= 0.3 is 0 Å². The molecule has 1 heteroatoms. The van der Waals surface area contributed by atoms with E-state index >= 15 is 0 Å². The van der Waals surface area contributed by atoms with Gasteiger partial charge in [0.1, 0.15) is 0 Å². The SMILES string of the molecule is CCC1CCCC(O)(CC)CC1. The van der Waals surface area contributed by atoms with Crippen molar-refractivity contribution in [3.05, 3.63) is 0 Å². The van der Waals surface area contributed by atoms with Crippen LogP contribution in [0.15, 0.2) is 0 Å². The van der Waals surface area contributed by atoms with Crippen LogP contribution in [0.2, 0.25) is 0 Å². The molecule has 12 heavy (non-hydrogen) atoms. The van der Waals surface area contributed by atoms with Crippen LogP contribution in [0.4, 0.5) is 0 Å². The topological polar surface area (TPSA) is 20.2 Å². The Balaban J connectivity index is 2.44. The number of hydrogen-bond acceptors (Lipinski definition) is 1. The fourth-order valence-corrected chi connectivity index (χ4v) is 2.22. The Morgan fingerprint density at radius 2 is 2.00 bits per heavy atom. The van der Waals surface area contributed by atoms with Crippen molar-refractivity contribution >= 4 is 0 Å². The molecule has 0 amide bonds. The molecule has 0 radical (unpaired) electrons. The summed E-state index contributed by atoms with van der Waals surface area (Å²) in [6.07, 6.45) is 8.08. The van der Waals surface area contributed by atoms with Crippen LogP contribution < -0.4 is 0 Å². The fraction of sp³-hybridized carbons (Fsp3) is 1.00. The normalized spacial score (nSPS) is 37.8. The smallest absolute Gasteiger partial charge is 0.0645 e. The second-order valence-electron chi connectivity index (χ2n) is 4.28. The average Bonchev–Trinajstić information content (AvgIpc) is 2.28. The molecule has 0 bridgehead atoms. The molecule has 0 aromatic rings. The quantitative estimate of drug-likeness (QED) is 0.631. The molecule has 0 aromatic carbocycles. The van der Waals surface area contributed by atoms with E-state index in [1.807, 2.05) is 0 Å². The number of hydrogen-bond donors (Lipinski definition) is 1. The zero-order valence-electron chi connectivity index (χ0n) is 8.47. The third-order valence-corrected chi connectivity index (χ3v) is 3.51. The lowest BCUT2D eigenvalue weighted by Crippen LogP contribution is -2.26. The van der Waals surface area contributed by atoms with Gasteiger partial charge in [-0.1, -0.05) is 33.1 Å². The first-order valence-electron chi connectivity index (χ1n) is 5.42. The van der Waals surface area contributed by atoms with E-state index in [0.717, 1.165) is 25.2 Å². The lowest BCUT2D eigenvalue weighted by Gasteiger charge is -2.24. The van der Waals surface area contributed by atoms with Crippen LogP contribution >= 0.6 is 0 Å². The minimum Gasteiger partial charge on any atom is -0.390 e. The standard InChI is InChI=1S/C11H22O/c1-3-10-6-5-8-11(12,4-2)9-7-10/h10,12H,3-9H2,1-2H3. The molecular weight excluding hydrogens is 148 g/mol. The van der Waals surface area contributed by atoms with Crippen molar-refractivity contribution in [3.63, 3.8) is 0 Å². The van der Waals surface area contributed by atoms with Crippen LogP contribution in [-0.2, 0) is 0 Å². The van der Waals surface area contributed by atoms with Gasteiger partial charge in [-0.3, -0.25) is 0 Å². The summed E-state index contributed by atoms with van der Waals surface area (Å²) in [6, 6.07) is 0. The summed E-state index contributed by atoms with van der Waals surface area (Å²) < 4.78 is 0. The second kappa shape index (κ2) is 4.27. The van der Waals surface area contributed by atoms with Gasteiger partial charge in [0, 0.05) is 0 Å². The molecular formula is C11H22O. The van der Waals surface area contributed by atoms with Gasteiger partial charge in [-0.25, -0.2) is 0 Å². The van der Waals surface area contributed by atoms with E-state index in [1.54, 1.807) is 0 Å². The van der Waals surface area contributed by atoms with E-state index in [4.69, 9.17) is 0 Å². The van der Waals surface area contributed by atoms with Crippen molar-refractivity contribution < 1.29 is 5.11 Å². The first-order valence-corrected chi connectivity index (χ1v) is 5.42. The van der Waals surface area contributed by atoms with Gasteiger partial charge in [-0.15, -0.1) is 0 Å². The molecule has 1 nitrogen and oxygen atoms in total. The van der Waals surface area contributed by atoms with Crippen LogP contribution in [0.5, 0.6) is 0 Å². The summed E-state index contributed by atoms with van der Waals surface area (Å²) in [6.45, 7) is 4.37. The van der Waals surface area contributed by atoms with Gasteiger partial charge in [0.15, 0.2) is 0 Å². The second-order valence-corrected chi connectivity index (χ2v) is 4.28. The first kappa shape index (κ1) is 10.0. The van der Waals surface area contributed by atoms with Crippen molar-refractivity contribution in [1.29, 1.82) is 0 Å². The van der Waals surface area contributed by atoms with Gasteiger partial charge in [-0.2, -0.15) is 0 Å². The molecule has 0 aliphatic heterocycles. The van der Waals surface area contributed by atoms with Gasteiger partial charge in [0.25, 0.3) is 0 Å². The van der Waals surface area contributed by atoms with Gasteiger partial charge < -0.3 is 5.11 Å². The summed E-state index contributed by atoms with van der Waals surface area (Å²) in [5.74, 6) is 0.880. The van der Waals surface area contributed by atoms with Crippen molar-refractivity contribution in [2.24, 2.45) is 5.92 Å². The number of rotatable bonds is 2. The highest BCUT2D eigenvalue weighted by atomic mass is 16.3. The van der Waals surface area contributed by atoms with E-state index in [-0.39, 0.29) is 5.60 Å². The largest absolute Gasteiger partial charge is 0.390 e. The van der Waals surface area contributed by atoms with Crippen molar-refractivity contribution in [1.82, 2.24) is 0 Å². The zero-order chi connectivity index (χ0) is 9.03. The highest BCUT2D eigenvalue weighted by molar-refractivity contribution is 4.81. The van der Waals surface area contributed by atoms with E-state index in [0.29, 0.717) is 0 Å². The molecule has 0 saturated heterocycles. The van der Waals surface area contributed by atoms with Crippen molar-refractivity contribution in [2.45, 2.75) is 64.4 Å². The molecule has 0 spiro atoms. The predicted molar refractivity (Wildman–Crippen MR) is 52.1 cm³/mol. The third kappa shape index (κ3) is 2.48. The van der Waals surface area contributed by atoms with Crippen LogP contribution in [0, 0.1) is 5.92 Å². The minimum absolute atomic E-state index is 0.316. The van der Waals surface area contributed by atoms with E-state index in [2.05, 4.69) is 13.8 Å². The summed E-state index contributed by atoms with van der Waals surface area (Å²) in [7, 11) is 0. The molecule has 1 aliphatic carbocycles. The molecule has 72 valence electrons. The maximum atomic E-state index is 10.1. The van der Waals surface area contributed by atoms with Crippen LogP contribution in [-0.4, -0.2) is 10.7 Å². The lowest BCUT2D eigenvalue weighted by atomic mass is 9.91. The average molecular weight is 170 g/mol. The van der Waals surface area contributed by atoms with E-state index < -0.39 is 0 Å². The van der Waals surface area contributed by atoms with Gasteiger partial charge in [0.2, 0.25) is 0 Å². The van der Waals surface area contributed by atoms with Crippen molar-refractivity contribution in [3.8, 4) is 0 Å². The molecule has 0 aromatic heterocycles. The van der Waals surface area contributed by atoms with E-state index in [1.165, 1.54) is 25.7 Å². The Kier molecular flexibility index (Phi) is 3.57. The Bertz CT molecular complexity index is 133. The molecule has 1 fully saturated rings. The lowest BCUT2D eigenvalue weighted by molar-refractivity contribution is 0.0201. The summed E-state index contributed by atoms with van der Waals surface area (Å²) >= 11 is 0. The Morgan fingerprint density at radius 3 is 2.58 bits per heavy atom. The molecule has 1 aliphatic rings. The molecule has 1 saturated carbocycles. The first-order chi connectivity index (χ1) is 5.70. The van der Waals surface area contributed by atoms with E-state index in [9.17, 15) is 5.11 Å². The molecule has 0 heterocycles. The van der Waals surface area contributed by atoms with Crippen molar-refractivity contribution in [2.75, 3.05) is 0 Å². The summed E-state index contributed by atoms with van der Waals surface area (Å²) in [4.78, 5) is 0. The predicted octanol–water partition coefficient (Wildman–Crippen LogP) is 3.12. The van der Waals surface area contributed by atoms with Crippen LogP contribution in [0.3, 0.4) is 0 Å². The highest BCUT2D eigenvalue weighted by Gasteiger charge is 2.28. The molecule has 1 rings (SSSR count). The highest BCUT2D eigenvalue weighted by Crippen LogP contribution is 2.33. The zero-order valence-corrected chi connectivity index (χ0v) is 8.47. The fourth-order valence-electron chi connectivity index (χ4n) is 2.22. The van der Waals surface area contributed by atoms with Crippen LogP contribution in [0.1, 0.15) is 58.8 Å². The Hall–Kier alpha value is -0.0400. The minimum atomic E-state index is -0.316. The molecule has 2 atom stereocenters. The molecule has 2 unspecified atom stereocenters. The third-order valence-electron chi connectivity index (χ3n) is 3.51. The maximum absolute atomic E-state index is 10.1. The summed E-state index contributed by atoms with van der Waals surface area (Å²) in [5, 5.41) is 10.1. The summed E-state index contributed by atoms with van der Waals surface area (Å²) in [5.41, 5.74) is -0.316.